The fraction of sp³-hybridized carbons (Fsp3) is 0.222. The highest BCUT2D eigenvalue weighted by molar-refractivity contribution is 7.26. The number of thiophene rings is 1. The van der Waals surface area contributed by atoms with Crippen LogP contribution in [0.2, 0.25) is 0 Å². The van der Waals surface area contributed by atoms with Crippen LogP contribution in [0.15, 0.2) is 158 Å². The second kappa shape index (κ2) is 12.9. The molecule has 0 N–H and O–H groups in total. The van der Waals surface area contributed by atoms with Gasteiger partial charge in [0.2, 0.25) is 0 Å². The van der Waals surface area contributed by atoms with E-state index < -0.39 is 0 Å². The molecule has 0 radical (unpaired) electrons. The fourth-order valence-corrected chi connectivity index (χ4v) is 12.8. The first-order valence-electron chi connectivity index (χ1n) is 20.5. The van der Waals surface area contributed by atoms with E-state index in [2.05, 4.69) is 172 Å². The Morgan fingerprint density at radius 1 is 0.491 bits per heavy atom. The van der Waals surface area contributed by atoms with Crippen LogP contribution in [-0.4, -0.2) is 0 Å². The number of benzene rings is 7. The van der Waals surface area contributed by atoms with Gasteiger partial charge in [-0.15, -0.1) is 11.3 Å². The Morgan fingerprint density at radius 2 is 1.15 bits per heavy atom. The van der Waals surface area contributed by atoms with Crippen LogP contribution in [0.1, 0.15) is 57.1 Å². The van der Waals surface area contributed by atoms with E-state index in [0.717, 1.165) is 11.8 Å². The predicted molar refractivity (Wildman–Crippen MR) is 236 cm³/mol. The van der Waals surface area contributed by atoms with E-state index in [9.17, 15) is 0 Å². The maximum Gasteiger partial charge on any atom is 0.0434 e. The standard InChI is InChI=1S/C54H46S/c1-3-35-27-36-26-34(2)54(44(28-35)29-36)50-18-9-7-16-45(50)48-31-42(24-25-51(48)54)47-32-43(33-49-46-17-8-10-19-52(46)55-53(47)49)41-15-11-14-40(30-41)39-22-20-38(21-23-39)37-12-5-4-6-13-37/h4-25,30-36,44H,3,26-29H2,1-2H3. The molecule has 268 valence electrons. The lowest BCUT2D eigenvalue weighted by Crippen LogP contribution is -2.49. The van der Waals surface area contributed by atoms with Crippen LogP contribution in [0.4, 0.5) is 0 Å². The van der Waals surface area contributed by atoms with E-state index in [1.54, 1.807) is 11.1 Å². The van der Waals surface area contributed by atoms with Crippen molar-refractivity contribution in [2.24, 2.45) is 23.7 Å². The number of rotatable bonds is 5. The summed E-state index contributed by atoms with van der Waals surface area (Å²) in [5, 5.41) is 2.69. The van der Waals surface area contributed by atoms with Gasteiger partial charge in [0.05, 0.1) is 0 Å². The highest BCUT2D eigenvalue weighted by Gasteiger charge is 2.56. The average molecular weight is 727 g/mol. The van der Waals surface area contributed by atoms with Crippen molar-refractivity contribution < 1.29 is 0 Å². The minimum Gasteiger partial charge on any atom is -0.135 e. The number of hydrogen-bond acceptors (Lipinski definition) is 1. The SMILES string of the molecule is CCC1CC2CC(C)C3(c4ccccc4-c4cc(-c5cc(-c6cccc(-c7ccc(-c8ccccc8)cc7)c6)cc6c5sc5ccccc56)ccc43)C(C1)C2. The lowest BCUT2D eigenvalue weighted by molar-refractivity contribution is 0.0368. The topological polar surface area (TPSA) is 0 Å². The van der Waals surface area contributed by atoms with Gasteiger partial charge in [-0.1, -0.05) is 148 Å². The molecule has 0 saturated heterocycles. The Labute approximate surface area is 329 Å². The second-order valence-electron chi connectivity index (χ2n) is 16.9. The largest absolute Gasteiger partial charge is 0.135 e. The zero-order valence-corrected chi connectivity index (χ0v) is 32.6. The summed E-state index contributed by atoms with van der Waals surface area (Å²) >= 11 is 1.94. The van der Waals surface area contributed by atoms with Crippen molar-refractivity contribution >= 4 is 31.5 Å². The molecule has 2 fully saturated rings. The zero-order chi connectivity index (χ0) is 36.7. The Bertz CT molecular complexity index is 2730. The Balaban J connectivity index is 1.06. The van der Waals surface area contributed by atoms with E-state index in [0.29, 0.717) is 11.8 Å². The monoisotopic (exact) mass is 726 g/mol. The summed E-state index contributed by atoms with van der Waals surface area (Å²) in [5.41, 5.74) is 16.4. The summed E-state index contributed by atoms with van der Waals surface area (Å²) in [6.45, 7) is 5.01. The van der Waals surface area contributed by atoms with Crippen molar-refractivity contribution in [3.8, 4) is 55.6 Å². The van der Waals surface area contributed by atoms with Crippen LogP contribution < -0.4 is 0 Å². The third-order valence-electron chi connectivity index (χ3n) is 14.0. The van der Waals surface area contributed by atoms with Crippen LogP contribution >= 0.6 is 11.3 Å². The van der Waals surface area contributed by atoms with Gasteiger partial charge in [-0.25, -0.2) is 0 Å². The molecule has 0 nitrogen and oxygen atoms in total. The molecule has 1 heterocycles. The van der Waals surface area contributed by atoms with Gasteiger partial charge in [0, 0.05) is 31.2 Å². The van der Waals surface area contributed by atoms with Gasteiger partial charge >= 0.3 is 0 Å². The van der Waals surface area contributed by atoms with Crippen molar-refractivity contribution in [1.82, 2.24) is 0 Å². The highest BCUT2D eigenvalue weighted by Crippen LogP contribution is 2.65. The van der Waals surface area contributed by atoms with Gasteiger partial charge in [-0.2, -0.15) is 0 Å². The maximum atomic E-state index is 2.58. The van der Waals surface area contributed by atoms with Crippen molar-refractivity contribution in [3.63, 3.8) is 0 Å². The first-order chi connectivity index (χ1) is 27.1. The molecule has 1 aromatic heterocycles. The summed E-state index contributed by atoms with van der Waals surface area (Å²) in [5.74, 6) is 3.10. The first-order valence-corrected chi connectivity index (χ1v) is 21.4. The lowest BCUT2D eigenvalue weighted by atomic mass is 9.49. The first kappa shape index (κ1) is 33.1. The van der Waals surface area contributed by atoms with E-state index in [-0.39, 0.29) is 5.41 Å². The highest BCUT2D eigenvalue weighted by atomic mass is 32.1. The van der Waals surface area contributed by atoms with Gasteiger partial charge < -0.3 is 0 Å². The Kier molecular flexibility index (Phi) is 7.79. The molecule has 1 heteroatoms. The molecule has 0 amide bonds. The minimum atomic E-state index is 0.114. The van der Waals surface area contributed by atoms with Gasteiger partial charge in [0.25, 0.3) is 0 Å². The molecule has 2 bridgehead atoms. The van der Waals surface area contributed by atoms with Crippen LogP contribution in [0.5, 0.6) is 0 Å². The third kappa shape index (κ3) is 5.16. The van der Waals surface area contributed by atoms with Crippen molar-refractivity contribution in [2.45, 2.75) is 51.4 Å². The maximum absolute atomic E-state index is 2.58. The van der Waals surface area contributed by atoms with Gasteiger partial charge in [-0.3, -0.25) is 0 Å². The van der Waals surface area contributed by atoms with Crippen LogP contribution in [0.3, 0.4) is 0 Å². The average Bonchev–Trinajstić information content (AvgIpc) is 3.77. The smallest absolute Gasteiger partial charge is 0.0434 e. The normalized spacial score (nSPS) is 22.6. The summed E-state index contributed by atoms with van der Waals surface area (Å²) < 4.78 is 2.73. The van der Waals surface area contributed by atoms with Crippen LogP contribution in [0.25, 0.3) is 75.8 Å². The molecular weight excluding hydrogens is 681 g/mol. The molecule has 5 atom stereocenters. The molecule has 5 unspecified atom stereocenters. The summed E-state index contributed by atoms with van der Waals surface area (Å²) in [6, 6.07) is 59.8. The lowest BCUT2D eigenvalue weighted by Gasteiger charge is -2.54. The van der Waals surface area contributed by atoms with Gasteiger partial charge in [0.15, 0.2) is 0 Å². The molecule has 7 aromatic carbocycles. The van der Waals surface area contributed by atoms with E-state index in [1.165, 1.54) is 108 Å². The van der Waals surface area contributed by atoms with Crippen LogP contribution in [0, 0.1) is 23.7 Å². The molecule has 11 rings (SSSR count). The second-order valence-corrected chi connectivity index (χ2v) is 17.9. The molecule has 55 heavy (non-hydrogen) atoms. The molecular formula is C54H46S. The predicted octanol–water partition coefficient (Wildman–Crippen LogP) is 15.5. The molecule has 2 saturated carbocycles. The van der Waals surface area contributed by atoms with E-state index in [1.807, 2.05) is 11.3 Å². The number of fused-ring (bicyclic) bond motifs is 11. The third-order valence-corrected chi connectivity index (χ3v) is 15.2. The fourth-order valence-electron chi connectivity index (χ4n) is 11.6. The van der Waals surface area contributed by atoms with Gasteiger partial charge in [-0.05, 0) is 141 Å². The molecule has 3 aliphatic rings. The van der Waals surface area contributed by atoms with Gasteiger partial charge in [0.1, 0.15) is 0 Å². The number of hydrogen-bond donors (Lipinski definition) is 0. The molecule has 0 aliphatic heterocycles. The quantitative estimate of drug-likeness (QED) is 0.166. The summed E-state index contributed by atoms with van der Waals surface area (Å²) in [7, 11) is 0. The summed E-state index contributed by atoms with van der Waals surface area (Å²) in [6.07, 6.45) is 6.86. The molecule has 3 aliphatic carbocycles. The molecule has 1 spiro atoms. The van der Waals surface area contributed by atoms with Crippen molar-refractivity contribution in [2.75, 3.05) is 0 Å². The van der Waals surface area contributed by atoms with Crippen molar-refractivity contribution in [1.29, 1.82) is 0 Å². The van der Waals surface area contributed by atoms with E-state index >= 15 is 0 Å². The van der Waals surface area contributed by atoms with Crippen LogP contribution in [-0.2, 0) is 5.41 Å². The Morgan fingerprint density at radius 3 is 1.98 bits per heavy atom. The molecule has 8 aromatic rings. The van der Waals surface area contributed by atoms with Crippen molar-refractivity contribution in [3.05, 3.63) is 169 Å². The minimum absolute atomic E-state index is 0.114. The zero-order valence-electron chi connectivity index (χ0n) is 31.8. The van der Waals surface area contributed by atoms with E-state index in [4.69, 9.17) is 0 Å². The summed E-state index contributed by atoms with van der Waals surface area (Å²) in [4.78, 5) is 0. The Hall–Kier alpha value is -5.24.